The lowest BCUT2D eigenvalue weighted by molar-refractivity contribution is -0.265. The Hall–Kier alpha value is -3.93. The first-order valence-corrected chi connectivity index (χ1v) is 29.7. The number of piperidine rings is 1. The molecule has 3 aliphatic heterocycles. The molecule has 81 heavy (non-hydrogen) atoms. The predicted molar refractivity (Wildman–Crippen MR) is 303 cm³/mol. The van der Waals surface area contributed by atoms with Gasteiger partial charge in [-0.15, -0.1) is 0 Å². The molecule has 1 saturated carbocycles. The van der Waals surface area contributed by atoms with Crippen LogP contribution in [0.25, 0.3) is 0 Å². The number of aliphatic hydroxyl groups excluding tert-OH is 3. The molecule has 16 atom stereocenters. The summed E-state index contributed by atoms with van der Waals surface area (Å²) in [6, 6.07) is -1.17. The van der Waals surface area contributed by atoms with E-state index >= 15 is 0 Å². The molecule has 3 fully saturated rings. The van der Waals surface area contributed by atoms with E-state index in [1.165, 1.54) is 4.90 Å². The third-order valence-electron chi connectivity index (χ3n) is 16.5. The second-order valence-corrected chi connectivity index (χ2v) is 22.9. The first-order valence-electron chi connectivity index (χ1n) is 29.7. The van der Waals surface area contributed by atoms with Crippen molar-refractivity contribution in [1.82, 2.24) is 10.2 Å². The van der Waals surface area contributed by atoms with Crippen LogP contribution in [0.3, 0.4) is 0 Å². The number of methoxy groups -OCH3 is 2. The van der Waals surface area contributed by atoms with Crippen LogP contribution in [-0.4, -0.2) is 196 Å². The lowest BCUT2D eigenvalue weighted by Gasteiger charge is -2.43. The van der Waals surface area contributed by atoms with Gasteiger partial charge in [0.1, 0.15) is 30.5 Å². The fourth-order valence-corrected chi connectivity index (χ4v) is 11.4. The van der Waals surface area contributed by atoms with E-state index in [4.69, 9.17) is 42.6 Å². The lowest BCUT2D eigenvalue weighted by Crippen LogP contribution is -2.61. The Kier molecular flexibility index (Phi) is 30.9. The minimum atomic E-state index is -2.46. The molecule has 0 aromatic rings. The summed E-state index contributed by atoms with van der Waals surface area (Å²) >= 11 is 0. The molecule has 2 bridgehead atoms. The molecule has 462 valence electrons. The number of carbonyl (C=O) groups is 5. The first kappa shape index (κ1) is 69.6. The number of amides is 2. The van der Waals surface area contributed by atoms with Gasteiger partial charge in [-0.25, -0.2) is 9.59 Å². The summed E-state index contributed by atoms with van der Waals surface area (Å²) < 4.78 is 51.8. The maximum absolute atomic E-state index is 14.6. The van der Waals surface area contributed by atoms with E-state index in [1.54, 1.807) is 48.0 Å². The van der Waals surface area contributed by atoms with E-state index in [-0.39, 0.29) is 55.9 Å². The summed E-state index contributed by atoms with van der Waals surface area (Å²) in [5.74, 6) is -8.30. The van der Waals surface area contributed by atoms with Crippen LogP contribution in [0.4, 0.5) is 4.79 Å². The number of cyclic esters (lactones) is 1. The number of hydrogen-bond donors (Lipinski definition) is 5. The Bertz CT molecular complexity index is 2070. The largest absolute Gasteiger partial charge is 0.460 e. The molecule has 0 aromatic carbocycles. The SMILES string of the molecule is CCOCCOCCOCCOCCNC(=O)O[C@@H]1CC[C@@H](C[C@@H](C)[C@@H]2C[C@@H](O)[C@H](C)/C=C(\C)[C@@H](O)[C@@H](O)C(=O)[C@H](C)C[C@H](C)/C=C/C=C/C=C(\C)[C@@H](OC)C[C@@H]3CC[C@@H](C)[C@@](O)(O3)C(=O)C(=O)N3CCCC[C@H]3C(=O)O2)C[C@H]1OC. The highest BCUT2D eigenvalue weighted by molar-refractivity contribution is 6.39. The minimum absolute atomic E-state index is 0.0223. The van der Waals surface area contributed by atoms with Crippen molar-refractivity contribution >= 4 is 29.5 Å². The van der Waals surface area contributed by atoms with Gasteiger partial charge in [-0.3, -0.25) is 14.4 Å². The van der Waals surface area contributed by atoms with E-state index < -0.39 is 108 Å². The van der Waals surface area contributed by atoms with Crippen molar-refractivity contribution in [3.8, 4) is 0 Å². The van der Waals surface area contributed by atoms with E-state index in [1.807, 2.05) is 58.1 Å². The van der Waals surface area contributed by atoms with Crippen molar-refractivity contribution in [1.29, 1.82) is 0 Å². The third-order valence-corrected chi connectivity index (χ3v) is 16.5. The van der Waals surface area contributed by atoms with Gasteiger partial charge < -0.3 is 73.3 Å². The van der Waals surface area contributed by atoms with Crippen LogP contribution in [0.15, 0.2) is 47.6 Å². The molecule has 20 nitrogen and oxygen atoms in total. The van der Waals surface area contributed by atoms with Crippen molar-refractivity contribution in [3.63, 3.8) is 0 Å². The molecule has 0 spiro atoms. The first-order chi connectivity index (χ1) is 38.6. The number of Topliss-reactive ketones (excluding diaryl/α,β-unsaturated/α-hetero) is 2. The fraction of sp³-hybridized carbons (Fsp3) is 0.787. The average Bonchev–Trinajstić information content (AvgIpc) is 3.45. The van der Waals surface area contributed by atoms with Crippen LogP contribution >= 0.6 is 0 Å². The van der Waals surface area contributed by atoms with Gasteiger partial charge in [-0.05, 0) is 114 Å². The van der Waals surface area contributed by atoms with Crippen molar-refractivity contribution in [2.45, 2.75) is 193 Å². The Labute approximate surface area is 481 Å². The number of rotatable bonds is 19. The number of alkyl carbamates (subject to hydrolysis) is 1. The van der Waals surface area contributed by atoms with E-state index in [2.05, 4.69) is 5.32 Å². The second kappa shape index (κ2) is 36.0. The summed E-state index contributed by atoms with van der Waals surface area (Å²) in [6.45, 7) is 18.3. The van der Waals surface area contributed by atoms with E-state index in [9.17, 15) is 44.4 Å². The molecule has 3 heterocycles. The normalized spacial score (nSPS) is 35.6. The lowest BCUT2D eigenvalue weighted by atomic mass is 9.78. The summed E-state index contributed by atoms with van der Waals surface area (Å²) in [5, 5.41) is 49.1. The predicted octanol–water partition coefficient (Wildman–Crippen LogP) is 6.14. The van der Waals surface area contributed by atoms with Gasteiger partial charge in [0.15, 0.2) is 5.78 Å². The molecular formula is C61H100N2O18. The van der Waals surface area contributed by atoms with Crippen molar-refractivity contribution in [2.75, 3.05) is 80.2 Å². The monoisotopic (exact) mass is 1150 g/mol. The molecule has 1 aliphatic carbocycles. The van der Waals surface area contributed by atoms with Gasteiger partial charge in [-0.2, -0.15) is 0 Å². The molecule has 4 rings (SSSR count). The summed E-state index contributed by atoms with van der Waals surface area (Å²) in [4.78, 5) is 70.9. The van der Waals surface area contributed by atoms with Crippen molar-refractivity contribution < 1.29 is 87.0 Å². The molecule has 2 saturated heterocycles. The van der Waals surface area contributed by atoms with Crippen LogP contribution in [0.5, 0.6) is 0 Å². The molecule has 5 N–H and O–H groups in total. The van der Waals surface area contributed by atoms with E-state index in [0.29, 0.717) is 110 Å². The van der Waals surface area contributed by atoms with Crippen molar-refractivity contribution in [3.05, 3.63) is 47.6 Å². The molecule has 0 aromatic heterocycles. The van der Waals surface area contributed by atoms with Gasteiger partial charge in [-0.1, -0.05) is 71.1 Å². The number of aliphatic hydroxyl groups is 4. The second-order valence-electron chi connectivity index (χ2n) is 22.9. The molecular weight excluding hydrogens is 1050 g/mol. The zero-order valence-electron chi connectivity index (χ0n) is 50.1. The molecule has 0 radical (unpaired) electrons. The quantitative estimate of drug-likeness (QED) is 0.0421. The smallest absolute Gasteiger partial charge is 0.407 e. The van der Waals surface area contributed by atoms with Crippen molar-refractivity contribution in [2.24, 2.45) is 35.5 Å². The number of carbonyl (C=O) groups excluding carboxylic acids is 5. The summed E-state index contributed by atoms with van der Waals surface area (Å²) in [5.41, 5.74) is 1.14. The zero-order chi connectivity index (χ0) is 59.6. The summed E-state index contributed by atoms with van der Waals surface area (Å²) in [7, 11) is 3.13. The number of ether oxygens (including phenoxy) is 9. The summed E-state index contributed by atoms with van der Waals surface area (Å²) in [6.07, 6.45) is 8.01. The third kappa shape index (κ3) is 22.2. The van der Waals surface area contributed by atoms with Crippen LogP contribution < -0.4 is 5.32 Å². The van der Waals surface area contributed by atoms with Crippen LogP contribution in [0.2, 0.25) is 0 Å². The van der Waals surface area contributed by atoms with Gasteiger partial charge in [0, 0.05) is 64.5 Å². The molecule has 4 aliphatic rings. The number of nitrogens with one attached hydrogen (secondary N) is 1. The van der Waals surface area contributed by atoms with Gasteiger partial charge in [0.05, 0.1) is 70.7 Å². The number of hydrogen-bond acceptors (Lipinski definition) is 18. The topological polar surface area (TPSA) is 265 Å². The highest BCUT2D eigenvalue weighted by Gasteiger charge is 2.53. The number of fused-ring (bicyclic) bond motifs is 3. The standard InChI is InChI=1S/C61H100N2O18/c1-11-75-27-28-77-31-32-78-30-29-76-26-24-62-60(71)80-50-23-21-46(36-53(50)74-10)35-42(5)52-38-49(64)41(4)34-44(7)55(66)56(67)54(65)43(6)33-39(2)17-13-12-14-18-40(3)51(73-9)37-47-22-20-45(8)61(72,81-47)57(68)58(69)63-25-16-15-19-48(63)59(70)79-52/h12-14,17-18,34,39,41-43,45-53,55-56,64,66-67,72H,11,15-16,19-33,35-38H2,1-10H3,(H,62,71)/b14-12+,17-13+,40-18+,44-34+/t39-,41-,42-,43-,45-,46+,47+,48+,49-,50-,51+,52+,53-,55-,56+,61-/m1/s1. The maximum atomic E-state index is 14.6. The molecule has 2 amide bonds. The minimum Gasteiger partial charge on any atom is -0.460 e. The number of ketones is 2. The average molecular weight is 1150 g/mol. The number of allylic oxidation sites excluding steroid dienone is 5. The van der Waals surface area contributed by atoms with Crippen LogP contribution in [0.1, 0.15) is 132 Å². The molecule has 20 heteroatoms. The Balaban J connectivity index is 1.52. The van der Waals surface area contributed by atoms with Crippen LogP contribution in [-0.2, 0) is 61.8 Å². The van der Waals surface area contributed by atoms with Crippen LogP contribution in [0, 0.1) is 35.5 Å². The number of nitrogens with zero attached hydrogens (tertiary/aromatic N) is 1. The fourth-order valence-electron chi connectivity index (χ4n) is 11.4. The van der Waals surface area contributed by atoms with Gasteiger partial charge in [0.25, 0.3) is 11.7 Å². The Morgan fingerprint density at radius 3 is 2.12 bits per heavy atom. The Morgan fingerprint density at radius 1 is 0.778 bits per heavy atom. The maximum Gasteiger partial charge on any atom is 0.407 e. The highest BCUT2D eigenvalue weighted by Crippen LogP contribution is 2.38. The van der Waals surface area contributed by atoms with E-state index in [0.717, 1.165) is 5.57 Å². The van der Waals surface area contributed by atoms with Gasteiger partial charge in [0.2, 0.25) is 5.79 Å². The van der Waals surface area contributed by atoms with Gasteiger partial charge >= 0.3 is 12.1 Å². The highest BCUT2D eigenvalue weighted by atomic mass is 16.6. The number of esters is 1. The zero-order valence-corrected chi connectivity index (χ0v) is 50.1. The molecule has 0 unspecified atom stereocenters. The Morgan fingerprint density at radius 2 is 1.46 bits per heavy atom.